The van der Waals surface area contributed by atoms with Crippen LogP contribution in [0.5, 0.6) is 0 Å². The van der Waals surface area contributed by atoms with E-state index in [0.29, 0.717) is 0 Å². The number of para-hydroxylation sites is 1. The molecule has 5 heteroatoms. The van der Waals surface area contributed by atoms with E-state index < -0.39 is 0 Å². The van der Waals surface area contributed by atoms with Gasteiger partial charge in [-0.05, 0) is 12.1 Å². The second kappa shape index (κ2) is 5.27. The summed E-state index contributed by atoms with van der Waals surface area (Å²) >= 11 is 0. The van der Waals surface area contributed by atoms with Gasteiger partial charge in [-0.2, -0.15) is 0 Å². The molecule has 0 aliphatic carbocycles. The lowest BCUT2D eigenvalue weighted by Crippen LogP contribution is -2.33. The molecule has 1 aromatic carbocycles. The first-order chi connectivity index (χ1) is 8.68. The number of nitrogens with zero attached hydrogens (tertiary/aromatic N) is 3. The van der Waals surface area contributed by atoms with Crippen LogP contribution in [0.25, 0.3) is 0 Å². The van der Waals surface area contributed by atoms with Crippen LogP contribution in [0.15, 0.2) is 53.7 Å². The minimum atomic E-state index is -0.236. The van der Waals surface area contributed by atoms with Gasteiger partial charge in [0.15, 0.2) is 0 Å². The molecular formula is C13H13N3O2. The first-order valence-corrected chi connectivity index (χ1v) is 5.50. The zero-order chi connectivity index (χ0) is 13.0. The molecule has 0 unspecified atom stereocenters. The molecule has 0 saturated heterocycles. The largest absolute Gasteiger partial charge is 0.314 e. The van der Waals surface area contributed by atoms with E-state index >= 15 is 0 Å². The molecule has 0 radical (unpaired) electrons. The van der Waals surface area contributed by atoms with E-state index in [2.05, 4.69) is 4.98 Å². The first-order valence-electron chi connectivity index (χ1n) is 5.50. The molecule has 0 aliphatic rings. The third-order valence-corrected chi connectivity index (χ3v) is 2.62. The van der Waals surface area contributed by atoms with Crippen molar-refractivity contribution in [3.05, 3.63) is 59.3 Å². The van der Waals surface area contributed by atoms with Gasteiger partial charge in [-0.25, -0.2) is 4.98 Å². The van der Waals surface area contributed by atoms with E-state index in [9.17, 15) is 9.59 Å². The summed E-state index contributed by atoms with van der Waals surface area (Å²) in [4.78, 5) is 28.8. The molecule has 0 spiro atoms. The predicted molar refractivity (Wildman–Crippen MR) is 68.3 cm³/mol. The molecule has 1 aromatic heterocycles. The van der Waals surface area contributed by atoms with Gasteiger partial charge >= 0.3 is 0 Å². The van der Waals surface area contributed by atoms with Crippen molar-refractivity contribution in [3.63, 3.8) is 0 Å². The van der Waals surface area contributed by atoms with Gasteiger partial charge in [-0.1, -0.05) is 18.2 Å². The number of benzene rings is 1. The van der Waals surface area contributed by atoms with Crippen molar-refractivity contribution in [1.29, 1.82) is 0 Å². The molecule has 0 N–H and O–H groups in total. The van der Waals surface area contributed by atoms with E-state index in [4.69, 9.17) is 0 Å². The monoisotopic (exact) mass is 243 g/mol. The van der Waals surface area contributed by atoms with Crippen molar-refractivity contribution in [2.24, 2.45) is 0 Å². The highest BCUT2D eigenvalue weighted by Crippen LogP contribution is 2.11. The minimum Gasteiger partial charge on any atom is -0.314 e. The summed E-state index contributed by atoms with van der Waals surface area (Å²) in [6.07, 6.45) is 2.77. The minimum absolute atomic E-state index is 0.0158. The van der Waals surface area contributed by atoms with Crippen molar-refractivity contribution in [2.45, 2.75) is 6.54 Å². The van der Waals surface area contributed by atoms with Gasteiger partial charge in [-0.3, -0.25) is 14.2 Å². The third-order valence-electron chi connectivity index (χ3n) is 2.62. The van der Waals surface area contributed by atoms with Crippen LogP contribution >= 0.6 is 0 Å². The Morgan fingerprint density at radius 1 is 1.28 bits per heavy atom. The Bertz CT molecular complexity index is 592. The number of hydrogen-bond donors (Lipinski definition) is 0. The van der Waals surface area contributed by atoms with Crippen LogP contribution < -0.4 is 10.5 Å². The lowest BCUT2D eigenvalue weighted by Gasteiger charge is -2.17. The quantitative estimate of drug-likeness (QED) is 0.805. The zero-order valence-electron chi connectivity index (χ0n) is 9.98. The molecule has 5 nitrogen and oxygen atoms in total. The maximum absolute atomic E-state index is 12.0. The second-order valence-corrected chi connectivity index (χ2v) is 3.83. The summed E-state index contributed by atoms with van der Waals surface area (Å²) in [6, 6.07) is 10.6. The number of hydrogen-bond acceptors (Lipinski definition) is 3. The Kier molecular flexibility index (Phi) is 3.52. The number of carbonyl (C=O) groups is 1. The van der Waals surface area contributed by atoms with Gasteiger partial charge in [0.05, 0.1) is 6.33 Å². The Labute approximate surface area is 104 Å². The lowest BCUT2D eigenvalue weighted by molar-refractivity contribution is -0.118. The Morgan fingerprint density at radius 2 is 2.00 bits per heavy atom. The van der Waals surface area contributed by atoms with Crippen molar-refractivity contribution in [3.8, 4) is 0 Å². The van der Waals surface area contributed by atoms with E-state index in [0.717, 1.165) is 5.69 Å². The maximum atomic E-state index is 12.0. The van der Waals surface area contributed by atoms with E-state index in [-0.39, 0.29) is 18.0 Å². The topological polar surface area (TPSA) is 55.2 Å². The SMILES string of the molecule is CN(C(=O)Cn1cnccc1=O)c1ccccc1. The molecular weight excluding hydrogens is 230 g/mol. The van der Waals surface area contributed by atoms with Crippen molar-refractivity contribution in [2.75, 3.05) is 11.9 Å². The Hall–Kier alpha value is -2.43. The summed E-state index contributed by atoms with van der Waals surface area (Å²) in [5.74, 6) is -0.170. The number of anilines is 1. The molecule has 0 aliphatic heterocycles. The molecule has 2 rings (SSSR count). The number of amides is 1. The van der Waals surface area contributed by atoms with Crippen LogP contribution in [-0.4, -0.2) is 22.5 Å². The van der Waals surface area contributed by atoms with Gasteiger partial charge in [0, 0.05) is 25.0 Å². The Morgan fingerprint density at radius 3 is 2.67 bits per heavy atom. The fourth-order valence-electron chi connectivity index (χ4n) is 1.54. The summed E-state index contributed by atoms with van der Waals surface area (Å²) in [7, 11) is 1.68. The van der Waals surface area contributed by atoms with Gasteiger partial charge in [0.25, 0.3) is 5.56 Å². The number of carbonyl (C=O) groups excluding carboxylic acids is 1. The molecule has 92 valence electrons. The average molecular weight is 243 g/mol. The van der Waals surface area contributed by atoms with Gasteiger partial charge in [0.1, 0.15) is 6.54 Å². The number of likely N-dealkylation sites (N-methyl/N-ethyl adjacent to an activating group) is 1. The molecule has 0 atom stereocenters. The molecule has 0 fully saturated rings. The molecule has 1 amide bonds. The number of aromatic nitrogens is 2. The molecule has 0 saturated carbocycles. The predicted octanol–water partition coefficient (Wildman–Crippen LogP) is 0.906. The molecule has 0 bridgehead atoms. The summed E-state index contributed by atoms with van der Waals surface area (Å²) in [5, 5.41) is 0. The number of rotatable bonds is 3. The van der Waals surface area contributed by atoms with E-state index in [1.807, 2.05) is 30.3 Å². The summed E-state index contributed by atoms with van der Waals surface area (Å²) < 4.78 is 1.28. The van der Waals surface area contributed by atoms with Crippen LogP contribution in [0.1, 0.15) is 0 Å². The zero-order valence-corrected chi connectivity index (χ0v) is 9.98. The van der Waals surface area contributed by atoms with Crippen molar-refractivity contribution >= 4 is 11.6 Å². The third kappa shape index (κ3) is 2.63. The van der Waals surface area contributed by atoms with Crippen molar-refractivity contribution in [1.82, 2.24) is 9.55 Å². The smallest absolute Gasteiger partial charge is 0.253 e. The highest BCUT2D eigenvalue weighted by atomic mass is 16.2. The molecule has 18 heavy (non-hydrogen) atoms. The van der Waals surface area contributed by atoms with Crippen molar-refractivity contribution < 1.29 is 4.79 Å². The summed E-state index contributed by atoms with van der Waals surface area (Å²) in [6.45, 7) is -0.0158. The highest BCUT2D eigenvalue weighted by molar-refractivity contribution is 5.92. The first kappa shape index (κ1) is 12.0. The van der Waals surface area contributed by atoms with E-state index in [1.165, 1.54) is 28.1 Å². The van der Waals surface area contributed by atoms with Crippen LogP contribution in [0.4, 0.5) is 5.69 Å². The van der Waals surface area contributed by atoms with E-state index in [1.54, 1.807) is 7.05 Å². The average Bonchev–Trinajstić information content (AvgIpc) is 2.41. The van der Waals surface area contributed by atoms with Crippen LogP contribution in [-0.2, 0) is 11.3 Å². The lowest BCUT2D eigenvalue weighted by atomic mass is 10.3. The normalized spacial score (nSPS) is 10.1. The van der Waals surface area contributed by atoms with Crippen LogP contribution in [0.3, 0.4) is 0 Å². The van der Waals surface area contributed by atoms with Gasteiger partial charge in [0.2, 0.25) is 5.91 Å². The molecule has 1 heterocycles. The van der Waals surface area contributed by atoms with Gasteiger partial charge in [-0.15, -0.1) is 0 Å². The Balaban J connectivity index is 2.14. The highest BCUT2D eigenvalue weighted by Gasteiger charge is 2.11. The second-order valence-electron chi connectivity index (χ2n) is 3.83. The van der Waals surface area contributed by atoms with Gasteiger partial charge < -0.3 is 4.90 Å². The fraction of sp³-hybridized carbons (Fsp3) is 0.154. The fourth-order valence-corrected chi connectivity index (χ4v) is 1.54. The maximum Gasteiger partial charge on any atom is 0.253 e. The van der Waals surface area contributed by atoms with Crippen LogP contribution in [0.2, 0.25) is 0 Å². The summed E-state index contributed by atoms with van der Waals surface area (Å²) in [5.41, 5.74) is 0.555. The standard InChI is InChI=1S/C13H13N3O2/c1-15(11-5-3-2-4-6-11)13(18)9-16-10-14-8-7-12(16)17/h2-8,10H,9H2,1H3. The van der Waals surface area contributed by atoms with Crippen LogP contribution in [0, 0.1) is 0 Å². The molecule has 2 aromatic rings.